The second kappa shape index (κ2) is 9.27. The molecule has 1 aromatic heterocycles. The van der Waals surface area contributed by atoms with Gasteiger partial charge in [-0.1, -0.05) is 19.9 Å². The van der Waals surface area contributed by atoms with Crippen LogP contribution in [0.15, 0.2) is 65.2 Å². The van der Waals surface area contributed by atoms with E-state index in [0.717, 1.165) is 5.41 Å². The SMILES string of the molecule is CC(C)C[C@@H](/C=C/S(=O)(=O)c1ccc(C(N)=O)cc1)NC(=O)c1ccncc1. The number of amides is 2. The molecule has 0 radical (unpaired) electrons. The lowest BCUT2D eigenvalue weighted by Crippen LogP contribution is -2.34. The molecular weight excluding hydrogens is 378 g/mol. The number of hydrogen-bond acceptors (Lipinski definition) is 5. The van der Waals surface area contributed by atoms with E-state index in [4.69, 9.17) is 5.73 Å². The number of sulfone groups is 1. The van der Waals surface area contributed by atoms with Gasteiger partial charge in [0.25, 0.3) is 5.91 Å². The summed E-state index contributed by atoms with van der Waals surface area (Å²) >= 11 is 0. The average molecular weight is 401 g/mol. The second-order valence-corrected chi connectivity index (χ2v) is 8.54. The molecule has 28 heavy (non-hydrogen) atoms. The second-order valence-electron chi connectivity index (χ2n) is 6.71. The van der Waals surface area contributed by atoms with Gasteiger partial charge in [-0.15, -0.1) is 0 Å². The number of nitrogens with two attached hydrogens (primary N) is 1. The summed E-state index contributed by atoms with van der Waals surface area (Å²) in [6.45, 7) is 3.97. The van der Waals surface area contributed by atoms with Crippen molar-refractivity contribution < 1.29 is 18.0 Å². The number of primary amides is 1. The lowest BCUT2D eigenvalue weighted by atomic mass is 10.0. The van der Waals surface area contributed by atoms with Crippen molar-refractivity contribution in [2.45, 2.75) is 31.2 Å². The summed E-state index contributed by atoms with van der Waals surface area (Å²) in [4.78, 5) is 27.4. The molecule has 2 aromatic rings. The molecule has 0 saturated heterocycles. The zero-order chi connectivity index (χ0) is 20.7. The van der Waals surface area contributed by atoms with E-state index in [-0.39, 0.29) is 22.3 Å². The van der Waals surface area contributed by atoms with E-state index in [1.54, 1.807) is 12.1 Å². The molecule has 0 aliphatic carbocycles. The molecule has 1 heterocycles. The van der Waals surface area contributed by atoms with Crippen LogP contribution in [-0.4, -0.2) is 31.3 Å². The Morgan fingerprint density at radius 1 is 1.07 bits per heavy atom. The first-order chi connectivity index (χ1) is 13.2. The maximum atomic E-state index is 12.5. The van der Waals surface area contributed by atoms with Gasteiger partial charge >= 0.3 is 0 Å². The molecule has 3 N–H and O–H groups in total. The largest absolute Gasteiger partial charge is 0.366 e. The van der Waals surface area contributed by atoms with Crippen LogP contribution < -0.4 is 11.1 Å². The summed E-state index contributed by atoms with van der Waals surface area (Å²) in [6.07, 6.45) is 5.07. The van der Waals surface area contributed by atoms with Gasteiger partial charge in [0.05, 0.1) is 4.90 Å². The Labute approximate surface area is 164 Å². The molecule has 8 heteroatoms. The van der Waals surface area contributed by atoms with Gasteiger partial charge in [0.15, 0.2) is 9.84 Å². The number of benzene rings is 1. The minimum atomic E-state index is -3.73. The third-order valence-electron chi connectivity index (χ3n) is 3.94. The average Bonchev–Trinajstić information content (AvgIpc) is 2.66. The Kier molecular flexibility index (Phi) is 7.06. The zero-order valence-electron chi connectivity index (χ0n) is 15.7. The Bertz CT molecular complexity index is 953. The highest BCUT2D eigenvalue weighted by Crippen LogP contribution is 2.15. The molecule has 0 bridgehead atoms. The van der Waals surface area contributed by atoms with Crippen molar-refractivity contribution in [1.82, 2.24) is 10.3 Å². The van der Waals surface area contributed by atoms with Crippen LogP contribution in [0.1, 0.15) is 41.0 Å². The molecule has 0 aliphatic rings. The maximum Gasteiger partial charge on any atom is 0.251 e. The molecule has 148 valence electrons. The molecule has 0 spiro atoms. The van der Waals surface area contributed by atoms with Gasteiger partial charge in [0.2, 0.25) is 5.91 Å². The van der Waals surface area contributed by atoms with Gasteiger partial charge in [-0.25, -0.2) is 8.42 Å². The molecule has 1 aromatic carbocycles. The Hall–Kier alpha value is -3.00. The first-order valence-electron chi connectivity index (χ1n) is 8.73. The van der Waals surface area contributed by atoms with Crippen LogP contribution >= 0.6 is 0 Å². The Morgan fingerprint density at radius 3 is 2.21 bits per heavy atom. The Morgan fingerprint density at radius 2 is 1.68 bits per heavy atom. The van der Waals surface area contributed by atoms with Crippen LogP contribution in [0.5, 0.6) is 0 Å². The summed E-state index contributed by atoms with van der Waals surface area (Å²) in [5.74, 6) is -0.693. The fourth-order valence-electron chi connectivity index (χ4n) is 2.53. The van der Waals surface area contributed by atoms with Crippen molar-refractivity contribution in [2.24, 2.45) is 11.7 Å². The number of nitrogens with one attached hydrogen (secondary N) is 1. The van der Waals surface area contributed by atoms with E-state index in [9.17, 15) is 18.0 Å². The highest BCUT2D eigenvalue weighted by atomic mass is 32.2. The van der Waals surface area contributed by atoms with Crippen LogP contribution in [0, 0.1) is 5.92 Å². The van der Waals surface area contributed by atoms with E-state index in [1.807, 2.05) is 13.8 Å². The fraction of sp³-hybridized carbons (Fsp3) is 0.250. The van der Waals surface area contributed by atoms with Crippen molar-refractivity contribution in [3.63, 3.8) is 0 Å². The zero-order valence-corrected chi connectivity index (χ0v) is 16.5. The van der Waals surface area contributed by atoms with Gasteiger partial charge in [0.1, 0.15) is 0 Å². The fourth-order valence-corrected chi connectivity index (χ4v) is 3.60. The summed E-state index contributed by atoms with van der Waals surface area (Å²) in [6, 6.07) is 8.09. The van der Waals surface area contributed by atoms with Gasteiger partial charge in [-0.2, -0.15) is 0 Å². The molecule has 2 rings (SSSR count). The predicted molar refractivity (Wildman–Crippen MR) is 106 cm³/mol. The molecule has 0 aliphatic heterocycles. The van der Waals surface area contributed by atoms with Crippen molar-refractivity contribution in [1.29, 1.82) is 0 Å². The number of carbonyl (C=O) groups excluding carboxylic acids is 2. The summed E-state index contributed by atoms with van der Waals surface area (Å²) in [5, 5.41) is 3.91. The molecular formula is C20H23N3O4S. The quantitative estimate of drug-likeness (QED) is 0.703. The number of pyridine rings is 1. The monoisotopic (exact) mass is 401 g/mol. The molecule has 0 fully saturated rings. The molecule has 0 saturated carbocycles. The smallest absolute Gasteiger partial charge is 0.251 e. The molecule has 7 nitrogen and oxygen atoms in total. The lowest BCUT2D eigenvalue weighted by molar-refractivity contribution is 0.0939. The summed E-state index contributed by atoms with van der Waals surface area (Å²) in [5.41, 5.74) is 5.84. The van der Waals surface area contributed by atoms with Crippen LogP contribution in [-0.2, 0) is 9.84 Å². The molecule has 2 amide bonds. The topological polar surface area (TPSA) is 119 Å². The highest BCUT2D eigenvalue weighted by Gasteiger charge is 2.16. The number of nitrogens with zero attached hydrogens (tertiary/aromatic N) is 1. The first-order valence-corrected chi connectivity index (χ1v) is 10.3. The summed E-state index contributed by atoms with van der Waals surface area (Å²) in [7, 11) is -3.73. The third-order valence-corrected chi connectivity index (χ3v) is 5.39. The normalized spacial score (nSPS) is 12.8. The first kappa shape index (κ1) is 21.3. The van der Waals surface area contributed by atoms with E-state index >= 15 is 0 Å². The molecule has 1 atom stereocenters. The van der Waals surface area contributed by atoms with E-state index in [2.05, 4.69) is 10.3 Å². The van der Waals surface area contributed by atoms with Crippen LogP contribution in [0.4, 0.5) is 0 Å². The number of hydrogen-bond donors (Lipinski definition) is 2. The van der Waals surface area contributed by atoms with Crippen molar-refractivity contribution in [3.8, 4) is 0 Å². The maximum absolute atomic E-state index is 12.5. The van der Waals surface area contributed by atoms with Crippen molar-refractivity contribution in [2.75, 3.05) is 0 Å². The van der Waals surface area contributed by atoms with Gasteiger partial charge in [0, 0.05) is 35.0 Å². The minimum Gasteiger partial charge on any atom is -0.366 e. The van der Waals surface area contributed by atoms with Crippen LogP contribution in [0.25, 0.3) is 0 Å². The minimum absolute atomic E-state index is 0.0394. The predicted octanol–water partition coefficient (Wildman–Crippen LogP) is 2.31. The van der Waals surface area contributed by atoms with Gasteiger partial charge in [-0.3, -0.25) is 14.6 Å². The van der Waals surface area contributed by atoms with Gasteiger partial charge in [-0.05, 0) is 48.7 Å². The van der Waals surface area contributed by atoms with Crippen molar-refractivity contribution in [3.05, 3.63) is 71.4 Å². The van der Waals surface area contributed by atoms with Crippen LogP contribution in [0.2, 0.25) is 0 Å². The van der Waals surface area contributed by atoms with E-state index in [1.165, 1.54) is 42.7 Å². The van der Waals surface area contributed by atoms with Crippen molar-refractivity contribution >= 4 is 21.7 Å². The van der Waals surface area contributed by atoms with Crippen LogP contribution in [0.3, 0.4) is 0 Å². The summed E-state index contributed by atoms with van der Waals surface area (Å²) < 4.78 is 25.1. The number of carbonyl (C=O) groups is 2. The van der Waals surface area contributed by atoms with Gasteiger partial charge < -0.3 is 11.1 Å². The number of aromatic nitrogens is 1. The van der Waals surface area contributed by atoms with E-state index < -0.39 is 21.8 Å². The number of rotatable bonds is 8. The lowest BCUT2D eigenvalue weighted by Gasteiger charge is -2.17. The third kappa shape index (κ3) is 6.02. The standard InChI is InChI=1S/C20H23N3O4S/c1-14(2)13-17(23-20(25)16-7-10-22-11-8-16)9-12-28(26,27)18-5-3-15(4-6-18)19(21)24/h3-12,14,17H,13H2,1-2H3,(H2,21,24)(H,23,25)/b12-9+/t17-/m1/s1. The Balaban J connectivity index is 2.18. The highest BCUT2D eigenvalue weighted by molar-refractivity contribution is 7.94. The molecule has 0 unspecified atom stereocenters. The van der Waals surface area contributed by atoms with E-state index in [0.29, 0.717) is 12.0 Å².